The van der Waals surface area contributed by atoms with E-state index in [-0.39, 0.29) is 5.91 Å². The molecule has 0 radical (unpaired) electrons. The van der Waals surface area contributed by atoms with E-state index in [1.165, 1.54) is 0 Å². The largest absolute Gasteiger partial charge is 0.494 e. The third-order valence-corrected chi connectivity index (χ3v) is 4.68. The lowest BCUT2D eigenvalue weighted by Crippen LogP contribution is -2.42. The van der Waals surface area contributed by atoms with Gasteiger partial charge in [-0.3, -0.25) is 4.79 Å². The van der Waals surface area contributed by atoms with Crippen LogP contribution < -0.4 is 14.8 Å². The zero-order valence-electron chi connectivity index (χ0n) is 17.7. The number of benzene rings is 3. The van der Waals surface area contributed by atoms with Crippen molar-refractivity contribution in [1.29, 1.82) is 0 Å². The molecular weight excluding hydrogens is 392 g/mol. The number of aromatic nitrogens is 3. The second kappa shape index (κ2) is 8.47. The van der Waals surface area contributed by atoms with Crippen LogP contribution in [0.15, 0.2) is 72.8 Å². The summed E-state index contributed by atoms with van der Waals surface area (Å²) in [4.78, 5) is 14.4. The van der Waals surface area contributed by atoms with Gasteiger partial charge >= 0.3 is 0 Å². The van der Waals surface area contributed by atoms with Gasteiger partial charge in [0, 0.05) is 5.69 Å². The lowest BCUT2D eigenvalue weighted by molar-refractivity contribution is -0.128. The van der Waals surface area contributed by atoms with Gasteiger partial charge in [0.25, 0.3) is 5.91 Å². The number of hydrogen-bond donors (Lipinski definition) is 1. The Labute approximate surface area is 180 Å². The minimum Gasteiger partial charge on any atom is -0.494 e. The first-order valence-corrected chi connectivity index (χ1v) is 10.1. The highest BCUT2D eigenvalue weighted by molar-refractivity contribution is 5.98. The van der Waals surface area contributed by atoms with E-state index in [2.05, 4.69) is 15.5 Å². The van der Waals surface area contributed by atoms with Gasteiger partial charge in [0.15, 0.2) is 5.60 Å². The van der Waals surface area contributed by atoms with Crippen molar-refractivity contribution in [3.63, 3.8) is 0 Å². The molecule has 1 amide bonds. The summed E-state index contributed by atoms with van der Waals surface area (Å²) in [5.41, 5.74) is 1.81. The molecule has 0 saturated carbocycles. The lowest BCUT2D eigenvalue weighted by atomic mass is 10.1. The number of ether oxygens (including phenoxy) is 2. The van der Waals surface area contributed by atoms with Gasteiger partial charge in [0.05, 0.1) is 12.3 Å². The number of rotatable bonds is 7. The molecule has 31 heavy (non-hydrogen) atoms. The van der Waals surface area contributed by atoms with Gasteiger partial charge in [0.1, 0.15) is 22.5 Å². The fourth-order valence-corrected chi connectivity index (χ4v) is 3.06. The Morgan fingerprint density at radius 2 is 1.65 bits per heavy atom. The Balaban J connectivity index is 1.50. The topological polar surface area (TPSA) is 78.3 Å². The molecule has 1 aromatic heterocycles. The molecule has 7 nitrogen and oxygen atoms in total. The summed E-state index contributed by atoms with van der Waals surface area (Å²) in [6, 6.07) is 22.3. The van der Waals surface area contributed by atoms with Gasteiger partial charge in [-0.2, -0.15) is 4.80 Å². The van der Waals surface area contributed by atoms with Crippen molar-refractivity contribution in [3.05, 3.63) is 72.8 Å². The Kier molecular flexibility index (Phi) is 5.58. The number of para-hydroxylation sites is 1. The van der Waals surface area contributed by atoms with Crippen LogP contribution in [0.2, 0.25) is 0 Å². The molecule has 0 spiro atoms. The first-order chi connectivity index (χ1) is 14.9. The fraction of sp³-hybridized carbons (Fsp3) is 0.208. The number of nitrogens with zero attached hydrogens (tertiary/aromatic N) is 3. The van der Waals surface area contributed by atoms with Crippen molar-refractivity contribution < 1.29 is 14.3 Å². The van der Waals surface area contributed by atoms with Gasteiger partial charge < -0.3 is 14.8 Å². The summed E-state index contributed by atoms with van der Waals surface area (Å²) in [5.74, 6) is 1.18. The highest BCUT2D eigenvalue weighted by atomic mass is 16.5. The fourth-order valence-electron chi connectivity index (χ4n) is 3.06. The Morgan fingerprint density at radius 3 is 2.35 bits per heavy atom. The predicted octanol–water partition coefficient (Wildman–Crippen LogP) is 4.62. The summed E-state index contributed by atoms with van der Waals surface area (Å²) in [6.07, 6.45) is 0. The zero-order chi connectivity index (χ0) is 21.8. The predicted molar refractivity (Wildman–Crippen MR) is 120 cm³/mol. The molecule has 0 unspecified atom stereocenters. The van der Waals surface area contributed by atoms with Crippen LogP contribution in [0.1, 0.15) is 20.8 Å². The summed E-state index contributed by atoms with van der Waals surface area (Å²) < 4.78 is 11.3. The number of hydrogen-bond acceptors (Lipinski definition) is 5. The highest BCUT2D eigenvalue weighted by Crippen LogP contribution is 2.22. The number of carbonyl (C=O) groups excluding carboxylic acids is 1. The Morgan fingerprint density at radius 1 is 0.935 bits per heavy atom. The second-order valence-corrected chi connectivity index (χ2v) is 7.50. The molecule has 4 aromatic rings. The number of nitrogens with one attached hydrogen (secondary N) is 1. The second-order valence-electron chi connectivity index (χ2n) is 7.50. The van der Waals surface area contributed by atoms with Crippen molar-refractivity contribution in [3.8, 4) is 17.2 Å². The van der Waals surface area contributed by atoms with Gasteiger partial charge in [-0.25, -0.2) is 0 Å². The molecule has 1 N–H and O–H groups in total. The molecule has 1 heterocycles. The lowest BCUT2D eigenvalue weighted by Gasteiger charge is -2.25. The first-order valence-electron chi connectivity index (χ1n) is 10.1. The maximum atomic E-state index is 12.8. The van der Waals surface area contributed by atoms with Gasteiger partial charge in [-0.15, -0.1) is 10.2 Å². The molecule has 3 aromatic carbocycles. The number of carbonyl (C=O) groups is 1. The normalized spacial score (nSPS) is 11.3. The maximum absolute atomic E-state index is 12.8. The first kappa shape index (κ1) is 20.4. The third-order valence-electron chi connectivity index (χ3n) is 4.68. The molecule has 0 saturated heterocycles. The van der Waals surface area contributed by atoms with E-state index in [9.17, 15) is 4.79 Å². The van der Waals surface area contributed by atoms with Crippen LogP contribution in [0, 0.1) is 0 Å². The number of fused-ring (bicyclic) bond motifs is 1. The number of amides is 1. The summed E-state index contributed by atoms with van der Waals surface area (Å²) >= 11 is 0. The third kappa shape index (κ3) is 4.66. The van der Waals surface area contributed by atoms with Gasteiger partial charge in [-0.05, 0) is 75.4 Å². The van der Waals surface area contributed by atoms with Crippen LogP contribution >= 0.6 is 0 Å². The molecule has 0 bridgehead atoms. The van der Waals surface area contributed by atoms with E-state index in [4.69, 9.17) is 9.47 Å². The summed E-state index contributed by atoms with van der Waals surface area (Å²) in [5, 5.41) is 12.0. The highest BCUT2D eigenvalue weighted by Gasteiger charge is 2.30. The average Bonchev–Trinajstić information content (AvgIpc) is 3.18. The molecule has 0 atom stereocenters. The van der Waals surface area contributed by atoms with Crippen LogP contribution in [0.3, 0.4) is 0 Å². The van der Waals surface area contributed by atoms with Crippen molar-refractivity contribution in [2.45, 2.75) is 26.4 Å². The van der Waals surface area contributed by atoms with Gasteiger partial charge in [0.2, 0.25) is 0 Å². The molecule has 0 aliphatic carbocycles. The van der Waals surface area contributed by atoms with Crippen molar-refractivity contribution in [1.82, 2.24) is 15.0 Å². The standard InChI is InChI=1S/C24H24N4O3/c1-4-30-19-13-11-18(12-14-19)28-26-21-15-10-17(16-22(21)27-28)25-23(29)24(2,3)31-20-8-6-5-7-9-20/h5-16H,4H2,1-3H3,(H,25,29). The van der Waals surface area contributed by atoms with Crippen LogP contribution in [0.25, 0.3) is 16.7 Å². The van der Waals surface area contributed by atoms with Crippen molar-refractivity contribution in [2.24, 2.45) is 0 Å². The van der Waals surface area contributed by atoms with E-state index in [1.54, 1.807) is 30.8 Å². The quantitative estimate of drug-likeness (QED) is 0.476. The molecule has 0 fully saturated rings. The Bertz CT molecular complexity index is 1180. The smallest absolute Gasteiger partial charge is 0.267 e. The van der Waals surface area contributed by atoms with E-state index >= 15 is 0 Å². The van der Waals surface area contributed by atoms with E-state index in [0.717, 1.165) is 17.0 Å². The van der Waals surface area contributed by atoms with Gasteiger partial charge in [-0.1, -0.05) is 18.2 Å². The summed E-state index contributed by atoms with van der Waals surface area (Å²) in [7, 11) is 0. The van der Waals surface area contributed by atoms with Crippen molar-refractivity contribution in [2.75, 3.05) is 11.9 Å². The number of anilines is 1. The van der Waals surface area contributed by atoms with Crippen LogP contribution in [0.4, 0.5) is 5.69 Å². The van der Waals surface area contributed by atoms with E-state index < -0.39 is 5.60 Å². The monoisotopic (exact) mass is 416 g/mol. The average molecular weight is 416 g/mol. The molecule has 4 rings (SSSR count). The minimum absolute atomic E-state index is 0.255. The zero-order valence-corrected chi connectivity index (χ0v) is 17.7. The molecule has 158 valence electrons. The maximum Gasteiger partial charge on any atom is 0.267 e. The molecule has 0 aliphatic rings. The van der Waals surface area contributed by atoms with Crippen molar-refractivity contribution >= 4 is 22.6 Å². The SMILES string of the molecule is CCOc1ccc(-n2nc3ccc(NC(=O)C(C)(C)Oc4ccccc4)cc3n2)cc1. The van der Waals surface area contributed by atoms with Crippen LogP contribution in [0.5, 0.6) is 11.5 Å². The van der Waals surface area contributed by atoms with E-state index in [1.807, 2.05) is 67.6 Å². The molecule has 7 heteroatoms. The summed E-state index contributed by atoms with van der Waals surface area (Å²) in [6.45, 7) is 6.03. The molecule has 0 aliphatic heterocycles. The van der Waals surface area contributed by atoms with Crippen LogP contribution in [-0.2, 0) is 4.79 Å². The van der Waals surface area contributed by atoms with E-state index in [0.29, 0.717) is 23.6 Å². The molecular formula is C24H24N4O3. The van der Waals surface area contributed by atoms with Crippen LogP contribution in [-0.4, -0.2) is 33.1 Å². The minimum atomic E-state index is -1.05. The Hall–Kier alpha value is -3.87.